The molecule has 0 radical (unpaired) electrons. The highest BCUT2D eigenvalue weighted by Gasteiger charge is 2.23. The molecule has 32 heavy (non-hydrogen) atoms. The summed E-state index contributed by atoms with van der Waals surface area (Å²) in [4.78, 5) is 12.2. The quantitative estimate of drug-likeness (QED) is 0.341. The molecule has 0 unspecified atom stereocenters. The third-order valence-corrected chi connectivity index (χ3v) is 7.74. The molecule has 1 aliphatic heterocycles. The average molecular weight is 476 g/mol. The monoisotopic (exact) mass is 475 g/mol. The summed E-state index contributed by atoms with van der Waals surface area (Å²) in [5.41, 5.74) is 3.85. The standard InChI is InChI=1S/C24H34ClN5OS/c1-18-17-31-13-12-29(18)22-15-19(16-25)20-7-9-26-24(23(20)28-22)21-8-10-27-30(21)11-5-6-14-32(2,3)4/h7-10,15,18H,5-6,11-14,16-17H2,1-4H3/t18-/m1/s1. The Kier molecular flexibility index (Phi) is 7.27. The first-order valence-corrected chi connectivity index (χ1v) is 14.8. The maximum atomic E-state index is 6.38. The molecule has 4 heterocycles. The second-order valence-corrected chi connectivity index (χ2v) is 14.2. The molecule has 0 aliphatic carbocycles. The molecular formula is C24H34ClN5OS. The number of hydrogen-bond donors (Lipinski definition) is 0. The third-order valence-electron chi connectivity index (χ3n) is 5.94. The fourth-order valence-corrected chi connectivity index (χ4v) is 5.52. The highest BCUT2D eigenvalue weighted by Crippen LogP contribution is 2.36. The van der Waals surface area contributed by atoms with Crippen molar-refractivity contribution in [1.82, 2.24) is 19.7 Å². The number of anilines is 1. The predicted octanol–water partition coefficient (Wildman–Crippen LogP) is 4.93. The zero-order chi connectivity index (χ0) is 22.7. The van der Waals surface area contributed by atoms with Gasteiger partial charge in [-0.1, -0.05) is 0 Å². The van der Waals surface area contributed by atoms with Crippen LogP contribution in [0.25, 0.3) is 22.3 Å². The van der Waals surface area contributed by atoms with Crippen LogP contribution in [0.15, 0.2) is 30.6 Å². The van der Waals surface area contributed by atoms with Gasteiger partial charge in [-0.25, -0.2) is 15.0 Å². The highest BCUT2D eigenvalue weighted by atomic mass is 35.5. The van der Waals surface area contributed by atoms with Crippen molar-refractivity contribution in [2.45, 2.75) is 38.2 Å². The van der Waals surface area contributed by atoms with Gasteiger partial charge in [0.05, 0.1) is 24.9 Å². The largest absolute Gasteiger partial charge is 0.377 e. The Morgan fingerprint density at radius 1 is 1.19 bits per heavy atom. The van der Waals surface area contributed by atoms with Crippen LogP contribution in [0.1, 0.15) is 25.3 Å². The molecule has 0 bridgehead atoms. The zero-order valence-corrected chi connectivity index (χ0v) is 21.1. The van der Waals surface area contributed by atoms with Crippen LogP contribution in [-0.4, -0.2) is 70.1 Å². The number of unbranched alkanes of at least 4 members (excludes halogenated alkanes) is 1. The molecule has 1 saturated heterocycles. The minimum absolute atomic E-state index is 0.271. The average Bonchev–Trinajstić information content (AvgIpc) is 3.23. The summed E-state index contributed by atoms with van der Waals surface area (Å²) in [6, 6.07) is 6.45. The fraction of sp³-hybridized carbons (Fsp3) is 0.542. The maximum absolute atomic E-state index is 6.38. The first-order valence-electron chi connectivity index (χ1n) is 11.2. The molecule has 4 rings (SSSR count). The van der Waals surface area contributed by atoms with Crippen molar-refractivity contribution in [3.05, 3.63) is 36.2 Å². The van der Waals surface area contributed by atoms with E-state index in [1.807, 2.05) is 24.5 Å². The molecule has 0 saturated carbocycles. The second-order valence-electron chi connectivity index (χ2n) is 9.39. The molecule has 0 spiro atoms. The molecule has 8 heteroatoms. The van der Waals surface area contributed by atoms with E-state index in [0.29, 0.717) is 19.1 Å². The Bertz CT molecular complexity index is 1060. The highest BCUT2D eigenvalue weighted by molar-refractivity contribution is 8.32. The lowest BCUT2D eigenvalue weighted by molar-refractivity contribution is 0.0985. The summed E-state index contributed by atoms with van der Waals surface area (Å²) >= 11 is 6.38. The molecule has 0 N–H and O–H groups in total. The summed E-state index contributed by atoms with van der Waals surface area (Å²) < 4.78 is 7.70. The van der Waals surface area contributed by atoms with Crippen molar-refractivity contribution in [3.8, 4) is 11.4 Å². The third kappa shape index (κ3) is 5.21. The number of fused-ring (bicyclic) bond motifs is 1. The first-order chi connectivity index (χ1) is 15.4. The molecule has 1 aliphatic rings. The topological polar surface area (TPSA) is 56.1 Å². The zero-order valence-electron chi connectivity index (χ0n) is 19.6. The number of morpholine rings is 1. The molecule has 0 aromatic carbocycles. The Morgan fingerprint density at radius 3 is 2.78 bits per heavy atom. The van der Waals surface area contributed by atoms with Gasteiger partial charge in [-0.3, -0.25) is 9.67 Å². The van der Waals surface area contributed by atoms with Gasteiger partial charge in [0.25, 0.3) is 0 Å². The lowest BCUT2D eigenvalue weighted by Gasteiger charge is -2.34. The Morgan fingerprint density at radius 2 is 2.03 bits per heavy atom. The van der Waals surface area contributed by atoms with Gasteiger partial charge in [-0.2, -0.15) is 5.10 Å². The van der Waals surface area contributed by atoms with Gasteiger partial charge in [0.1, 0.15) is 17.0 Å². The van der Waals surface area contributed by atoms with Crippen molar-refractivity contribution in [3.63, 3.8) is 0 Å². The van der Waals surface area contributed by atoms with E-state index in [0.717, 1.165) is 53.2 Å². The molecule has 6 nitrogen and oxygen atoms in total. The number of rotatable bonds is 8. The lowest BCUT2D eigenvalue weighted by Crippen LogP contribution is -2.44. The van der Waals surface area contributed by atoms with Crippen LogP contribution in [-0.2, 0) is 17.2 Å². The van der Waals surface area contributed by atoms with Gasteiger partial charge >= 0.3 is 0 Å². The number of aryl methyl sites for hydroxylation is 1. The normalized spacial score (nSPS) is 17.8. The van der Waals surface area contributed by atoms with Crippen LogP contribution in [0.5, 0.6) is 0 Å². The van der Waals surface area contributed by atoms with Gasteiger partial charge < -0.3 is 9.64 Å². The Labute approximate surface area is 197 Å². The molecule has 3 aromatic heterocycles. The molecule has 0 amide bonds. The molecule has 3 aromatic rings. The first kappa shape index (κ1) is 23.3. The van der Waals surface area contributed by atoms with E-state index in [4.69, 9.17) is 26.3 Å². The van der Waals surface area contributed by atoms with Crippen LogP contribution >= 0.6 is 21.6 Å². The fourth-order valence-electron chi connectivity index (χ4n) is 4.23. The van der Waals surface area contributed by atoms with Gasteiger partial charge in [0, 0.05) is 36.7 Å². The summed E-state index contributed by atoms with van der Waals surface area (Å²) in [5.74, 6) is 2.66. The summed E-state index contributed by atoms with van der Waals surface area (Å²) in [5, 5.41) is 5.66. The Balaban J connectivity index is 1.69. The lowest BCUT2D eigenvalue weighted by atomic mass is 10.1. The number of pyridine rings is 2. The molecule has 174 valence electrons. The van der Waals surface area contributed by atoms with Crippen molar-refractivity contribution < 1.29 is 4.74 Å². The van der Waals surface area contributed by atoms with Crippen LogP contribution in [0.4, 0.5) is 5.82 Å². The minimum atomic E-state index is -0.462. The van der Waals surface area contributed by atoms with Crippen LogP contribution < -0.4 is 4.90 Å². The smallest absolute Gasteiger partial charge is 0.130 e. The van der Waals surface area contributed by atoms with E-state index in [9.17, 15) is 0 Å². The van der Waals surface area contributed by atoms with Gasteiger partial charge in [0.15, 0.2) is 0 Å². The number of hydrogen-bond acceptors (Lipinski definition) is 5. The second kappa shape index (κ2) is 9.98. The number of alkyl halides is 1. The molecule has 1 atom stereocenters. The number of aromatic nitrogens is 4. The van der Waals surface area contributed by atoms with Crippen LogP contribution in [0, 0.1) is 0 Å². The Hall–Kier alpha value is -1.83. The van der Waals surface area contributed by atoms with Gasteiger partial charge in [0.2, 0.25) is 0 Å². The van der Waals surface area contributed by atoms with Crippen molar-refractivity contribution in [2.24, 2.45) is 0 Å². The van der Waals surface area contributed by atoms with Crippen molar-refractivity contribution >= 4 is 38.3 Å². The van der Waals surface area contributed by atoms with Gasteiger partial charge in [-0.15, -0.1) is 11.6 Å². The van der Waals surface area contributed by atoms with Crippen LogP contribution in [0.3, 0.4) is 0 Å². The SMILES string of the molecule is C[C@@H]1COCCN1c1cc(CCl)c2ccnc(-c3ccnn3CCCCS(C)(C)C)c2n1. The van der Waals surface area contributed by atoms with Crippen LogP contribution in [0.2, 0.25) is 0 Å². The maximum Gasteiger partial charge on any atom is 0.130 e. The van der Waals surface area contributed by atoms with E-state index in [-0.39, 0.29) is 6.04 Å². The van der Waals surface area contributed by atoms with Gasteiger partial charge in [-0.05, 0) is 68.0 Å². The van der Waals surface area contributed by atoms with E-state index in [2.05, 4.69) is 46.4 Å². The minimum Gasteiger partial charge on any atom is -0.377 e. The molecule has 1 fully saturated rings. The number of nitrogens with zero attached hydrogens (tertiary/aromatic N) is 5. The summed E-state index contributed by atoms with van der Waals surface area (Å²) in [6.07, 6.45) is 13.2. The van der Waals surface area contributed by atoms with E-state index < -0.39 is 10.0 Å². The molecular weight excluding hydrogens is 442 g/mol. The summed E-state index contributed by atoms with van der Waals surface area (Å²) in [6.45, 7) is 5.30. The van der Waals surface area contributed by atoms with Crippen molar-refractivity contribution in [2.75, 3.05) is 49.2 Å². The van der Waals surface area contributed by atoms with E-state index in [1.165, 1.54) is 12.2 Å². The predicted molar refractivity (Wildman–Crippen MR) is 137 cm³/mol. The summed E-state index contributed by atoms with van der Waals surface area (Å²) in [7, 11) is -0.462. The number of halogens is 1. The van der Waals surface area contributed by atoms with E-state index in [1.54, 1.807) is 0 Å². The number of ether oxygens (including phenoxy) is 1. The van der Waals surface area contributed by atoms with E-state index >= 15 is 0 Å². The van der Waals surface area contributed by atoms with Crippen molar-refractivity contribution in [1.29, 1.82) is 0 Å².